The second-order valence-corrected chi connectivity index (χ2v) is 11.0. The van der Waals surface area contributed by atoms with Crippen molar-refractivity contribution < 1.29 is 36.8 Å². The molecule has 36 heavy (non-hydrogen) atoms. The van der Waals surface area contributed by atoms with Gasteiger partial charge >= 0.3 is 5.97 Å². The molecule has 10 heteroatoms. The molecule has 0 spiro atoms. The van der Waals surface area contributed by atoms with Gasteiger partial charge in [0.25, 0.3) is 10.1 Å². The average molecular weight is 522 g/mol. The van der Waals surface area contributed by atoms with E-state index >= 15 is 0 Å². The first kappa shape index (κ1) is 29.4. The van der Waals surface area contributed by atoms with Crippen LogP contribution in [0.15, 0.2) is 47.4 Å². The number of nitrogens with two attached hydrogens (primary N) is 1. The van der Waals surface area contributed by atoms with Gasteiger partial charge in [-0.15, -0.1) is 0 Å². The third kappa shape index (κ3) is 8.41. The molecular formula is C26H35NO8S. The van der Waals surface area contributed by atoms with Crippen molar-refractivity contribution in [2.24, 2.45) is 11.7 Å². The summed E-state index contributed by atoms with van der Waals surface area (Å²) in [5, 5.41) is 10.5. The second-order valence-electron chi connectivity index (χ2n) is 9.41. The SMILES string of the molecule is Cc1cc(OCC(=O)OCc2ccccc2)cc(C)c1S(=O)(=O)OC[C@@](C)(O)C(=O)[C@@H](N)CC(C)C. The van der Waals surface area contributed by atoms with Crippen LogP contribution >= 0.6 is 0 Å². The molecule has 0 fully saturated rings. The van der Waals surface area contributed by atoms with Crippen molar-refractivity contribution in [2.45, 2.75) is 64.2 Å². The van der Waals surface area contributed by atoms with Crippen LogP contribution in [0.3, 0.4) is 0 Å². The molecule has 9 nitrogen and oxygen atoms in total. The number of benzene rings is 2. The lowest BCUT2D eigenvalue weighted by atomic mass is 9.91. The Bertz CT molecular complexity index is 1140. The Kier molecular flexibility index (Phi) is 10.2. The van der Waals surface area contributed by atoms with Crippen LogP contribution in [0.25, 0.3) is 0 Å². The van der Waals surface area contributed by atoms with Crippen molar-refractivity contribution in [3.8, 4) is 5.75 Å². The van der Waals surface area contributed by atoms with E-state index in [0.717, 1.165) is 5.56 Å². The van der Waals surface area contributed by atoms with E-state index in [4.69, 9.17) is 19.4 Å². The minimum Gasteiger partial charge on any atom is -0.482 e. The zero-order valence-corrected chi connectivity index (χ0v) is 22.1. The Labute approximate surface area is 212 Å². The number of ketones is 1. The number of hydrogen-bond acceptors (Lipinski definition) is 9. The number of carbonyl (C=O) groups is 2. The summed E-state index contributed by atoms with van der Waals surface area (Å²) < 4.78 is 41.5. The number of ether oxygens (including phenoxy) is 2. The van der Waals surface area contributed by atoms with Crippen LogP contribution < -0.4 is 10.5 Å². The van der Waals surface area contributed by atoms with Gasteiger partial charge in [0.15, 0.2) is 12.4 Å². The first-order chi connectivity index (χ1) is 16.7. The number of aliphatic hydroxyl groups is 1. The van der Waals surface area contributed by atoms with Gasteiger partial charge in [-0.05, 0) is 61.9 Å². The molecule has 0 radical (unpaired) electrons. The van der Waals surface area contributed by atoms with E-state index in [2.05, 4.69) is 0 Å². The molecule has 2 rings (SSSR count). The van der Waals surface area contributed by atoms with Crippen LogP contribution in [0, 0.1) is 19.8 Å². The van der Waals surface area contributed by atoms with Crippen molar-refractivity contribution in [2.75, 3.05) is 13.2 Å². The highest BCUT2D eigenvalue weighted by molar-refractivity contribution is 7.86. The summed E-state index contributed by atoms with van der Waals surface area (Å²) in [5.74, 6) is -0.858. The number of aryl methyl sites for hydroxylation is 2. The zero-order valence-electron chi connectivity index (χ0n) is 21.3. The van der Waals surface area contributed by atoms with Crippen LogP contribution in [-0.2, 0) is 35.2 Å². The van der Waals surface area contributed by atoms with Crippen molar-refractivity contribution >= 4 is 21.9 Å². The number of carbonyl (C=O) groups excluding carboxylic acids is 2. The van der Waals surface area contributed by atoms with Crippen molar-refractivity contribution in [1.82, 2.24) is 0 Å². The summed E-state index contributed by atoms with van der Waals surface area (Å²) in [7, 11) is -4.32. The first-order valence-corrected chi connectivity index (χ1v) is 13.0. The number of hydrogen-bond donors (Lipinski definition) is 2. The standard InChI is InChI=1S/C26H35NO8S/c1-17(2)11-22(27)25(29)26(5,30)16-35-36(31,32)24-18(3)12-21(13-19(24)4)33-15-23(28)34-14-20-9-7-6-8-10-20/h6-10,12-13,17,22,30H,11,14-16,27H2,1-5H3/t22-,26+/m0/s1. The van der Waals surface area contributed by atoms with Gasteiger partial charge in [-0.1, -0.05) is 44.2 Å². The smallest absolute Gasteiger partial charge is 0.344 e. The molecule has 0 saturated heterocycles. The van der Waals surface area contributed by atoms with Gasteiger partial charge in [0.05, 0.1) is 6.04 Å². The molecule has 2 aromatic carbocycles. The van der Waals surface area contributed by atoms with E-state index in [-0.39, 0.29) is 29.8 Å². The molecule has 2 aromatic rings. The third-order valence-corrected chi connectivity index (χ3v) is 6.94. The fraction of sp³-hybridized carbons (Fsp3) is 0.462. The van der Waals surface area contributed by atoms with E-state index in [1.54, 1.807) is 13.8 Å². The Hall–Kier alpha value is -2.79. The lowest BCUT2D eigenvalue weighted by Gasteiger charge is -2.25. The topological polar surface area (TPSA) is 142 Å². The van der Waals surface area contributed by atoms with E-state index in [1.807, 2.05) is 44.2 Å². The summed E-state index contributed by atoms with van der Waals surface area (Å²) in [6.45, 7) is 7.03. The Morgan fingerprint density at radius 1 is 1.08 bits per heavy atom. The average Bonchev–Trinajstić information content (AvgIpc) is 2.79. The minimum absolute atomic E-state index is 0.115. The predicted octanol–water partition coefficient (Wildman–Crippen LogP) is 2.82. The molecule has 0 aliphatic heterocycles. The highest BCUT2D eigenvalue weighted by Crippen LogP contribution is 2.28. The van der Waals surface area contributed by atoms with Gasteiger partial charge in [0.2, 0.25) is 0 Å². The normalized spacial score (nSPS) is 14.2. The van der Waals surface area contributed by atoms with Gasteiger partial charge in [-0.25, -0.2) is 4.79 Å². The third-order valence-electron chi connectivity index (χ3n) is 5.37. The van der Waals surface area contributed by atoms with Crippen LogP contribution in [0.2, 0.25) is 0 Å². The lowest BCUT2D eigenvalue weighted by molar-refractivity contribution is -0.147. The van der Waals surface area contributed by atoms with Gasteiger partial charge in [-0.2, -0.15) is 8.42 Å². The molecule has 0 aromatic heterocycles. The van der Waals surface area contributed by atoms with Crippen molar-refractivity contribution in [3.63, 3.8) is 0 Å². The van der Waals surface area contributed by atoms with Crippen LogP contribution in [-0.4, -0.2) is 50.1 Å². The molecule has 198 valence electrons. The summed E-state index contributed by atoms with van der Waals surface area (Å²) in [4.78, 5) is 24.4. The van der Waals surface area contributed by atoms with Crippen molar-refractivity contribution in [3.05, 3.63) is 59.2 Å². The Morgan fingerprint density at radius 3 is 2.22 bits per heavy atom. The van der Waals surface area contributed by atoms with Crippen LogP contribution in [0.4, 0.5) is 0 Å². The molecule has 0 aliphatic rings. The summed E-state index contributed by atoms with van der Waals surface area (Å²) in [5.41, 5.74) is 5.24. The maximum Gasteiger partial charge on any atom is 0.344 e. The maximum absolute atomic E-state index is 12.9. The molecule has 0 saturated carbocycles. The summed E-state index contributed by atoms with van der Waals surface area (Å²) in [6.07, 6.45) is 0.348. The molecule has 3 N–H and O–H groups in total. The Balaban J connectivity index is 2.02. The largest absolute Gasteiger partial charge is 0.482 e. The monoisotopic (exact) mass is 521 g/mol. The van der Waals surface area contributed by atoms with Crippen molar-refractivity contribution in [1.29, 1.82) is 0 Å². The van der Waals surface area contributed by atoms with E-state index in [1.165, 1.54) is 19.1 Å². The quantitative estimate of drug-likeness (QED) is 0.300. The highest BCUT2D eigenvalue weighted by Gasteiger charge is 2.37. The van der Waals surface area contributed by atoms with E-state index < -0.39 is 40.1 Å². The van der Waals surface area contributed by atoms with Gasteiger partial charge in [-0.3, -0.25) is 8.98 Å². The molecule has 2 atom stereocenters. The van der Waals surface area contributed by atoms with Crippen LogP contribution in [0.5, 0.6) is 5.75 Å². The first-order valence-electron chi connectivity index (χ1n) is 11.6. The van der Waals surface area contributed by atoms with Crippen LogP contribution in [0.1, 0.15) is 43.9 Å². The van der Waals surface area contributed by atoms with Gasteiger partial charge < -0.3 is 20.3 Å². The minimum atomic E-state index is -4.32. The molecule has 0 aliphatic carbocycles. The molecule has 0 amide bonds. The number of rotatable bonds is 13. The lowest BCUT2D eigenvalue weighted by Crippen LogP contribution is -2.50. The molecular weight excluding hydrogens is 486 g/mol. The molecule has 0 unspecified atom stereocenters. The highest BCUT2D eigenvalue weighted by atomic mass is 32.2. The number of esters is 1. The molecule has 0 heterocycles. The predicted molar refractivity (Wildman–Crippen MR) is 134 cm³/mol. The second kappa shape index (κ2) is 12.4. The zero-order chi connectivity index (χ0) is 27.1. The molecule has 0 bridgehead atoms. The summed E-state index contributed by atoms with van der Waals surface area (Å²) >= 11 is 0. The Morgan fingerprint density at radius 2 is 1.67 bits per heavy atom. The van der Waals surface area contributed by atoms with E-state index in [0.29, 0.717) is 17.5 Å². The maximum atomic E-state index is 12.9. The summed E-state index contributed by atoms with van der Waals surface area (Å²) in [6, 6.07) is 11.2. The van der Waals surface area contributed by atoms with E-state index in [9.17, 15) is 23.1 Å². The van der Waals surface area contributed by atoms with Gasteiger partial charge in [0.1, 0.15) is 29.5 Å². The fourth-order valence-electron chi connectivity index (χ4n) is 3.65. The number of Topliss-reactive ketones (excluding diaryl/α,β-unsaturated/α-hetero) is 1. The fourth-order valence-corrected chi connectivity index (χ4v) is 5.06. The van der Waals surface area contributed by atoms with Gasteiger partial charge in [0, 0.05) is 0 Å².